The van der Waals surface area contributed by atoms with Crippen molar-refractivity contribution in [3.63, 3.8) is 0 Å². The molecule has 2 heterocycles. The summed E-state index contributed by atoms with van der Waals surface area (Å²) in [4.78, 5) is 18.5. The Labute approximate surface area is 121 Å². The average Bonchev–Trinajstić information content (AvgIpc) is 3.13. The van der Waals surface area contributed by atoms with Gasteiger partial charge in [0, 0.05) is 6.54 Å². The normalized spacial score (nSPS) is 10.9. The molecule has 2 rings (SSSR count). The SMILES string of the molecule is CCN(CCC(=O)OC)Cc1noc(-c2cccs2)n1. The Bertz CT molecular complexity index is 539. The summed E-state index contributed by atoms with van der Waals surface area (Å²) < 4.78 is 9.87. The first kappa shape index (κ1) is 14.7. The molecule has 0 saturated carbocycles. The molecular weight excluding hydrogens is 278 g/mol. The summed E-state index contributed by atoms with van der Waals surface area (Å²) in [6.45, 7) is 4.01. The molecule has 0 unspecified atom stereocenters. The van der Waals surface area contributed by atoms with Gasteiger partial charge in [0.15, 0.2) is 5.82 Å². The number of ether oxygens (including phenoxy) is 1. The van der Waals surface area contributed by atoms with Gasteiger partial charge in [-0.1, -0.05) is 18.1 Å². The summed E-state index contributed by atoms with van der Waals surface area (Å²) in [5.41, 5.74) is 0. The number of hydrogen-bond acceptors (Lipinski definition) is 7. The van der Waals surface area contributed by atoms with E-state index in [-0.39, 0.29) is 5.97 Å². The zero-order chi connectivity index (χ0) is 14.4. The molecule has 0 atom stereocenters. The molecule has 2 aromatic heterocycles. The largest absolute Gasteiger partial charge is 0.469 e. The lowest BCUT2D eigenvalue weighted by molar-refractivity contribution is -0.141. The molecule has 0 bridgehead atoms. The lowest BCUT2D eigenvalue weighted by atomic mass is 10.3. The third-order valence-corrected chi connectivity index (χ3v) is 3.73. The molecule has 0 radical (unpaired) electrons. The fraction of sp³-hybridized carbons (Fsp3) is 0.462. The number of rotatable bonds is 7. The van der Waals surface area contributed by atoms with Crippen LogP contribution in [0.5, 0.6) is 0 Å². The van der Waals surface area contributed by atoms with E-state index in [0.717, 1.165) is 11.4 Å². The molecule has 6 nitrogen and oxygen atoms in total. The van der Waals surface area contributed by atoms with Gasteiger partial charge in [0.25, 0.3) is 5.89 Å². The Morgan fingerprint density at radius 2 is 2.40 bits per heavy atom. The van der Waals surface area contributed by atoms with Crippen LogP contribution in [-0.4, -0.2) is 41.2 Å². The summed E-state index contributed by atoms with van der Waals surface area (Å²) in [6.07, 6.45) is 0.361. The highest BCUT2D eigenvalue weighted by molar-refractivity contribution is 7.13. The maximum absolute atomic E-state index is 11.1. The molecule has 0 aromatic carbocycles. The van der Waals surface area contributed by atoms with Gasteiger partial charge in [0.1, 0.15) is 0 Å². The van der Waals surface area contributed by atoms with Crippen LogP contribution in [0.15, 0.2) is 22.0 Å². The second-order valence-corrected chi connectivity index (χ2v) is 5.14. The van der Waals surface area contributed by atoms with Gasteiger partial charge < -0.3 is 9.26 Å². The molecule has 0 fully saturated rings. The first-order valence-corrected chi connectivity index (χ1v) is 7.26. The van der Waals surface area contributed by atoms with Crippen molar-refractivity contribution in [2.45, 2.75) is 19.9 Å². The second kappa shape index (κ2) is 7.16. The molecule has 7 heteroatoms. The molecule has 0 spiro atoms. The van der Waals surface area contributed by atoms with Crippen molar-refractivity contribution in [2.75, 3.05) is 20.2 Å². The van der Waals surface area contributed by atoms with Crippen molar-refractivity contribution in [3.05, 3.63) is 23.3 Å². The molecule has 0 aliphatic heterocycles. The molecule has 108 valence electrons. The molecule has 0 saturated heterocycles. The molecule has 0 aliphatic rings. The minimum Gasteiger partial charge on any atom is -0.469 e. The van der Waals surface area contributed by atoms with Crippen LogP contribution in [0.4, 0.5) is 0 Å². The van der Waals surface area contributed by atoms with Crippen molar-refractivity contribution in [1.82, 2.24) is 15.0 Å². The number of esters is 1. The van der Waals surface area contributed by atoms with Gasteiger partial charge in [-0.2, -0.15) is 4.98 Å². The summed E-state index contributed by atoms with van der Waals surface area (Å²) in [6, 6.07) is 3.88. The van der Waals surface area contributed by atoms with Crippen LogP contribution in [-0.2, 0) is 16.1 Å². The van der Waals surface area contributed by atoms with Crippen LogP contribution in [0.3, 0.4) is 0 Å². The summed E-state index contributed by atoms with van der Waals surface area (Å²) in [7, 11) is 1.39. The van der Waals surface area contributed by atoms with E-state index in [1.54, 1.807) is 11.3 Å². The van der Waals surface area contributed by atoms with Crippen LogP contribution < -0.4 is 0 Å². The van der Waals surface area contributed by atoms with Gasteiger partial charge in [-0.3, -0.25) is 9.69 Å². The van der Waals surface area contributed by atoms with E-state index >= 15 is 0 Å². The van der Waals surface area contributed by atoms with Gasteiger partial charge >= 0.3 is 5.97 Å². The lowest BCUT2D eigenvalue weighted by Gasteiger charge is -2.17. The van der Waals surface area contributed by atoms with Gasteiger partial charge in [0.05, 0.1) is 25.0 Å². The Morgan fingerprint density at radius 1 is 1.55 bits per heavy atom. The van der Waals surface area contributed by atoms with Crippen LogP contribution in [0.25, 0.3) is 10.8 Å². The van der Waals surface area contributed by atoms with Gasteiger partial charge in [-0.05, 0) is 18.0 Å². The smallest absolute Gasteiger partial charge is 0.306 e. The van der Waals surface area contributed by atoms with E-state index in [2.05, 4.69) is 19.8 Å². The Morgan fingerprint density at radius 3 is 3.05 bits per heavy atom. The predicted molar refractivity (Wildman–Crippen MR) is 75.2 cm³/mol. The number of hydrogen-bond donors (Lipinski definition) is 0. The van der Waals surface area contributed by atoms with Crippen LogP contribution in [0.1, 0.15) is 19.2 Å². The number of carbonyl (C=O) groups is 1. The Hall–Kier alpha value is -1.73. The molecule has 0 amide bonds. The monoisotopic (exact) mass is 295 g/mol. The zero-order valence-corrected chi connectivity index (χ0v) is 12.4. The fourth-order valence-electron chi connectivity index (χ4n) is 1.72. The second-order valence-electron chi connectivity index (χ2n) is 4.19. The molecular formula is C13H17N3O3S. The summed E-state index contributed by atoms with van der Waals surface area (Å²) in [5, 5.41) is 5.94. The molecule has 2 aromatic rings. The van der Waals surface area contributed by atoms with Crippen LogP contribution in [0.2, 0.25) is 0 Å². The van der Waals surface area contributed by atoms with Crippen molar-refractivity contribution in [3.8, 4) is 10.8 Å². The lowest BCUT2D eigenvalue weighted by Crippen LogP contribution is -2.26. The third kappa shape index (κ3) is 3.88. The van der Waals surface area contributed by atoms with Crippen molar-refractivity contribution >= 4 is 17.3 Å². The Balaban J connectivity index is 1.92. The fourth-order valence-corrected chi connectivity index (χ4v) is 2.36. The van der Waals surface area contributed by atoms with Crippen LogP contribution >= 0.6 is 11.3 Å². The minimum absolute atomic E-state index is 0.212. The predicted octanol–water partition coefficient (Wildman–Crippen LogP) is 2.18. The minimum atomic E-state index is -0.212. The number of methoxy groups -OCH3 is 1. The van der Waals surface area contributed by atoms with E-state index in [1.165, 1.54) is 7.11 Å². The van der Waals surface area contributed by atoms with Crippen molar-refractivity contribution in [2.24, 2.45) is 0 Å². The van der Waals surface area contributed by atoms with Gasteiger partial charge in [0.2, 0.25) is 0 Å². The highest BCUT2D eigenvalue weighted by Gasteiger charge is 2.13. The number of aromatic nitrogens is 2. The highest BCUT2D eigenvalue weighted by atomic mass is 32.1. The quantitative estimate of drug-likeness (QED) is 0.729. The highest BCUT2D eigenvalue weighted by Crippen LogP contribution is 2.22. The van der Waals surface area contributed by atoms with Gasteiger partial charge in [-0.15, -0.1) is 11.3 Å². The maximum atomic E-state index is 11.1. The topological polar surface area (TPSA) is 68.5 Å². The standard InChI is InChI=1S/C13H17N3O3S/c1-3-16(7-6-12(17)18-2)9-11-14-13(19-15-11)10-5-4-8-20-10/h4-5,8H,3,6-7,9H2,1-2H3. The first-order chi connectivity index (χ1) is 9.72. The molecule has 0 N–H and O–H groups in total. The molecule has 20 heavy (non-hydrogen) atoms. The van der Waals surface area contributed by atoms with E-state index < -0.39 is 0 Å². The van der Waals surface area contributed by atoms with Crippen molar-refractivity contribution in [1.29, 1.82) is 0 Å². The number of thiophene rings is 1. The van der Waals surface area contributed by atoms with E-state index in [1.807, 2.05) is 24.4 Å². The number of nitrogens with zero attached hydrogens (tertiary/aromatic N) is 3. The van der Waals surface area contributed by atoms with E-state index in [9.17, 15) is 4.79 Å². The van der Waals surface area contributed by atoms with E-state index in [4.69, 9.17) is 4.52 Å². The van der Waals surface area contributed by atoms with E-state index in [0.29, 0.717) is 31.2 Å². The first-order valence-electron chi connectivity index (χ1n) is 6.38. The Kier molecular flexibility index (Phi) is 5.25. The van der Waals surface area contributed by atoms with Gasteiger partial charge in [-0.25, -0.2) is 0 Å². The third-order valence-electron chi connectivity index (χ3n) is 2.87. The average molecular weight is 295 g/mol. The zero-order valence-electron chi connectivity index (χ0n) is 11.5. The van der Waals surface area contributed by atoms with Crippen LogP contribution in [0, 0.1) is 0 Å². The summed E-state index contributed by atoms with van der Waals surface area (Å²) in [5.74, 6) is 0.954. The number of carbonyl (C=O) groups excluding carboxylic acids is 1. The molecule has 0 aliphatic carbocycles. The summed E-state index contributed by atoms with van der Waals surface area (Å²) >= 11 is 1.56. The van der Waals surface area contributed by atoms with Crippen molar-refractivity contribution < 1.29 is 14.1 Å². The maximum Gasteiger partial charge on any atom is 0.306 e.